The number of carboxylic acid groups (broad SMARTS) is 1. The van der Waals surface area contributed by atoms with E-state index in [2.05, 4.69) is 10.8 Å². The molecule has 3 aromatic rings. The van der Waals surface area contributed by atoms with Gasteiger partial charge in [-0.1, -0.05) is 47.5 Å². The van der Waals surface area contributed by atoms with E-state index < -0.39 is 12.3 Å². The summed E-state index contributed by atoms with van der Waals surface area (Å²) in [6, 6.07) is 17.0. The van der Waals surface area contributed by atoms with Crippen LogP contribution in [0.3, 0.4) is 0 Å². The standard InChI is InChI=1S/C25H23F3O4/c1-16-11-17(2)13-18(12-16)15-31-23-9-5-20(14-21(23)6-10-24(29)30)19-3-7-22(8-4-19)32-25(26,27)28/h3-5,7-9,11-14H,6,10,15H2,1-2H3,(H,29,30). The van der Waals surface area contributed by atoms with Gasteiger partial charge < -0.3 is 14.6 Å². The van der Waals surface area contributed by atoms with E-state index in [1.54, 1.807) is 18.2 Å². The van der Waals surface area contributed by atoms with Crippen LogP contribution >= 0.6 is 0 Å². The van der Waals surface area contributed by atoms with Crippen molar-refractivity contribution in [1.29, 1.82) is 0 Å². The van der Waals surface area contributed by atoms with E-state index in [9.17, 15) is 18.0 Å². The highest BCUT2D eigenvalue weighted by atomic mass is 19.4. The number of aryl methyl sites for hydroxylation is 3. The Bertz CT molecular complexity index is 1070. The van der Waals surface area contributed by atoms with Gasteiger partial charge in [0.1, 0.15) is 18.1 Å². The number of aliphatic carboxylic acids is 1. The largest absolute Gasteiger partial charge is 0.573 e. The molecule has 7 heteroatoms. The number of carboxylic acids is 1. The second-order valence-corrected chi connectivity index (χ2v) is 7.57. The normalized spacial score (nSPS) is 11.3. The van der Waals surface area contributed by atoms with Crippen molar-refractivity contribution < 1.29 is 32.5 Å². The van der Waals surface area contributed by atoms with Crippen LogP contribution in [-0.2, 0) is 17.8 Å². The number of hydrogen-bond acceptors (Lipinski definition) is 3. The molecule has 1 N–H and O–H groups in total. The highest BCUT2D eigenvalue weighted by molar-refractivity contribution is 5.69. The van der Waals surface area contributed by atoms with Crippen LogP contribution in [0.15, 0.2) is 60.7 Å². The Balaban J connectivity index is 1.83. The molecule has 0 aliphatic rings. The Morgan fingerprint density at radius 3 is 2.12 bits per heavy atom. The molecular weight excluding hydrogens is 421 g/mol. The van der Waals surface area contributed by atoms with Crippen LogP contribution in [0.1, 0.15) is 28.7 Å². The summed E-state index contributed by atoms with van der Waals surface area (Å²) in [5.41, 5.74) is 5.39. The fourth-order valence-electron chi connectivity index (χ4n) is 3.50. The van der Waals surface area contributed by atoms with Crippen molar-refractivity contribution in [2.45, 2.75) is 39.7 Å². The number of rotatable bonds is 8. The molecule has 0 atom stereocenters. The van der Waals surface area contributed by atoms with Crippen molar-refractivity contribution >= 4 is 5.97 Å². The molecule has 0 saturated carbocycles. The predicted molar refractivity (Wildman–Crippen MR) is 115 cm³/mol. The summed E-state index contributed by atoms with van der Waals surface area (Å²) in [5, 5.41) is 9.10. The minimum atomic E-state index is -4.75. The average molecular weight is 444 g/mol. The Morgan fingerprint density at radius 2 is 1.53 bits per heavy atom. The zero-order valence-corrected chi connectivity index (χ0v) is 17.7. The maximum absolute atomic E-state index is 12.4. The van der Waals surface area contributed by atoms with Crippen molar-refractivity contribution in [1.82, 2.24) is 0 Å². The van der Waals surface area contributed by atoms with Crippen molar-refractivity contribution in [3.63, 3.8) is 0 Å². The van der Waals surface area contributed by atoms with Gasteiger partial charge >= 0.3 is 12.3 Å². The fourth-order valence-corrected chi connectivity index (χ4v) is 3.50. The van der Waals surface area contributed by atoms with Crippen molar-refractivity contribution in [2.75, 3.05) is 0 Å². The van der Waals surface area contributed by atoms with Crippen LogP contribution in [0.5, 0.6) is 11.5 Å². The van der Waals surface area contributed by atoms with E-state index in [-0.39, 0.29) is 18.6 Å². The lowest BCUT2D eigenvalue weighted by molar-refractivity contribution is -0.274. The van der Waals surface area contributed by atoms with Gasteiger partial charge in [-0.3, -0.25) is 4.79 Å². The summed E-state index contributed by atoms with van der Waals surface area (Å²) in [6.45, 7) is 4.36. The maximum Gasteiger partial charge on any atom is 0.573 e. The van der Waals surface area contributed by atoms with Gasteiger partial charge in [-0.15, -0.1) is 13.2 Å². The van der Waals surface area contributed by atoms with Crippen LogP contribution in [0.4, 0.5) is 13.2 Å². The van der Waals surface area contributed by atoms with Gasteiger partial charge in [0.05, 0.1) is 0 Å². The molecule has 0 fully saturated rings. The smallest absolute Gasteiger partial charge is 0.489 e. The molecular formula is C25H23F3O4. The molecule has 0 aliphatic carbocycles. The number of benzene rings is 3. The van der Waals surface area contributed by atoms with Gasteiger partial charge in [0, 0.05) is 6.42 Å². The summed E-state index contributed by atoms with van der Waals surface area (Å²) in [7, 11) is 0. The average Bonchev–Trinajstić information content (AvgIpc) is 2.69. The molecule has 0 spiro atoms. The van der Waals surface area contributed by atoms with E-state index in [1.165, 1.54) is 24.3 Å². The first-order valence-electron chi connectivity index (χ1n) is 10.00. The van der Waals surface area contributed by atoms with Crippen LogP contribution in [0.2, 0.25) is 0 Å². The minimum absolute atomic E-state index is 0.0677. The molecule has 0 unspecified atom stereocenters. The van der Waals surface area contributed by atoms with Gasteiger partial charge in [0.15, 0.2) is 0 Å². The fraction of sp³-hybridized carbons (Fsp3) is 0.240. The summed E-state index contributed by atoms with van der Waals surface area (Å²) < 4.78 is 47.0. The number of halogens is 3. The molecule has 32 heavy (non-hydrogen) atoms. The summed E-state index contributed by atoms with van der Waals surface area (Å²) in [5.74, 6) is -0.656. The lowest BCUT2D eigenvalue weighted by Crippen LogP contribution is -2.16. The highest BCUT2D eigenvalue weighted by Crippen LogP contribution is 2.31. The Morgan fingerprint density at radius 1 is 0.906 bits per heavy atom. The van der Waals surface area contributed by atoms with Crippen LogP contribution in [0.25, 0.3) is 11.1 Å². The molecule has 168 valence electrons. The van der Waals surface area contributed by atoms with E-state index in [0.717, 1.165) is 22.3 Å². The molecule has 0 bridgehead atoms. The second-order valence-electron chi connectivity index (χ2n) is 7.57. The van der Waals surface area contributed by atoms with Crippen molar-refractivity contribution in [3.8, 4) is 22.6 Å². The summed E-state index contributed by atoms with van der Waals surface area (Å²) >= 11 is 0. The van der Waals surface area contributed by atoms with Crippen molar-refractivity contribution in [2.24, 2.45) is 0 Å². The number of ether oxygens (including phenoxy) is 2. The third kappa shape index (κ3) is 6.77. The SMILES string of the molecule is Cc1cc(C)cc(COc2ccc(-c3ccc(OC(F)(F)F)cc3)cc2CCC(=O)O)c1. The van der Waals surface area contributed by atoms with E-state index >= 15 is 0 Å². The monoisotopic (exact) mass is 444 g/mol. The van der Waals surface area contributed by atoms with Crippen LogP contribution in [-0.4, -0.2) is 17.4 Å². The van der Waals surface area contributed by atoms with Gasteiger partial charge in [-0.2, -0.15) is 0 Å². The molecule has 0 saturated heterocycles. The number of carbonyl (C=O) groups is 1. The van der Waals surface area contributed by atoms with Gasteiger partial charge in [0.25, 0.3) is 0 Å². The molecule has 0 heterocycles. The Hall–Kier alpha value is -3.48. The lowest BCUT2D eigenvalue weighted by atomic mass is 10.00. The molecule has 0 aliphatic heterocycles. The maximum atomic E-state index is 12.4. The first-order chi connectivity index (χ1) is 15.1. The zero-order chi connectivity index (χ0) is 23.3. The summed E-state index contributed by atoms with van der Waals surface area (Å²) in [4.78, 5) is 11.1. The highest BCUT2D eigenvalue weighted by Gasteiger charge is 2.30. The zero-order valence-electron chi connectivity index (χ0n) is 17.7. The Labute approximate surface area is 184 Å². The van der Waals surface area contributed by atoms with E-state index in [0.29, 0.717) is 23.5 Å². The Kier molecular flexibility index (Phi) is 7.08. The van der Waals surface area contributed by atoms with E-state index in [4.69, 9.17) is 9.84 Å². The number of hydrogen-bond donors (Lipinski definition) is 1. The predicted octanol–water partition coefficient (Wildman–Crippen LogP) is 6.47. The van der Waals surface area contributed by atoms with Crippen molar-refractivity contribution in [3.05, 3.63) is 82.9 Å². The molecule has 0 aromatic heterocycles. The molecule has 3 rings (SSSR count). The number of alkyl halides is 3. The topological polar surface area (TPSA) is 55.8 Å². The van der Waals surface area contributed by atoms with Gasteiger partial charge in [-0.05, 0) is 66.8 Å². The molecule has 4 nitrogen and oxygen atoms in total. The lowest BCUT2D eigenvalue weighted by Gasteiger charge is -2.14. The second kappa shape index (κ2) is 9.77. The quantitative estimate of drug-likeness (QED) is 0.433. The van der Waals surface area contributed by atoms with Crippen LogP contribution < -0.4 is 9.47 Å². The summed E-state index contributed by atoms with van der Waals surface area (Å²) in [6.07, 6.45) is -4.55. The van der Waals surface area contributed by atoms with Gasteiger partial charge in [0.2, 0.25) is 0 Å². The minimum Gasteiger partial charge on any atom is -0.489 e. The molecule has 0 amide bonds. The third-order valence-electron chi connectivity index (χ3n) is 4.77. The third-order valence-corrected chi connectivity index (χ3v) is 4.77. The van der Waals surface area contributed by atoms with E-state index in [1.807, 2.05) is 26.0 Å². The first-order valence-corrected chi connectivity index (χ1v) is 10.00. The molecule has 3 aromatic carbocycles. The first kappa shape index (κ1) is 23.2. The van der Waals surface area contributed by atoms with Crippen LogP contribution in [0, 0.1) is 13.8 Å². The molecule has 0 radical (unpaired) electrons. The van der Waals surface area contributed by atoms with Gasteiger partial charge in [-0.25, -0.2) is 0 Å².